The van der Waals surface area contributed by atoms with Crippen LogP contribution in [0, 0.1) is 17.8 Å². The number of rotatable bonds is 5. The van der Waals surface area contributed by atoms with E-state index < -0.39 is 0 Å². The van der Waals surface area contributed by atoms with Crippen LogP contribution in [-0.4, -0.2) is 26.2 Å². The van der Waals surface area contributed by atoms with Gasteiger partial charge >= 0.3 is 0 Å². The topological polar surface area (TPSA) is 73.6 Å². The van der Waals surface area contributed by atoms with Crippen LogP contribution in [0.4, 0.5) is 0 Å². The van der Waals surface area contributed by atoms with Gasteiger partial charge in [0, 0.05) is 18.5 Å². The summed E-state index contributed by atoms with van der Waals surface area (Å²) in [5.74, 6) is 2.70. The quantitative estimate of drug-likeness (QED) is 0.869. The molecule has 0 aromatic heterocycles. The molecule has 0 heterocycles. The van der Waals surface area contributed by atoms with E-state index in [-0.39, 0.29) is 11.8 Å². The van der Waals surface area contributed by atoms with Crippen LogP contribution < -0.4 is 20.5 Å². The molecule has 5 heteroatoms. The van der Waals surface area contributed by atoms with Crippen molar-refractivity contribution in [3.05, 3.63) is 23.8 Å². The van der Waals surface area contributed by atoms with Crippen molar-refractivity contribution in [1.29, 1.82) is 0 Å². The molecular formula is C19H28N2O3. The number of nitrogens with one attached hydrogen (secondary N) is 1. The third-order valence-corrected chi connectivity index (χ3v) is 5.70. The Labute approximate surface area is 143 Å². The Bertz CT molecular complexity index is 576. The maximum absolute atomic E-state index is 12.6. The summed E-state index contributed by atoms with van der Waals surface area (Å²) >= 11 is 0. The van der Waals surface area contributed by atoms with Crippen LogP contribution in [-0.2, 0) is 11.3 Å². The number of methoxy groups -OCH3 is 2. The smallest absolute Gasteiger partial charge is 0.223 e. The van der Waals surface area contributed by atoms with Crippen molar-refractivity contribution in [3.63, 3.8) is 0 Å². The van der Waals surface area contributed by atoms with Gasteiger partial charge in [0.2, 0.25) is 5.91 Å². The van der Waals surface area contributed by atoms with Gasteiger partial charge < -0.3 is 20.5 Å². The molecule has 1 aromatic carbocycles. The Kier molecular flexibility index (Phi) is 5.29. The SMILES string of the molecule is COc1ccc(CNC(=O)C2CC3CCCC(C2)C3N)cc1OC. The number of carbonyl (C=O) groups excluding carboxylic acids is 1. The Morgan fingerprint density at radius 2 is 1.83 bits per heavy atom. The summed E-state index contributed by atoms with van der Waals surface area (Å²) in [4.78, 5) is 12.6. The van der Waals surface area contributed by atoms with Crippen molar-refractivity contribution < 1.29 is 14.3 Å². The van der Waals surface area contributed by atoms with Gasteiger partial charge in [-0.15, -0.1) is 0 Å². The summed E-state index contributed by atoms with van der Waals surface area (Å²) in [5, 5.41) is 3.09. The number of fused-ring (bicyclic) bond motifs is 2. The first-order chi connectivity index (χ1) is 11.6. The Balaban J connectivity index is 1.58. The lowest BCUT2D eigenvalue weighted by molar-refractivity contribution is -0.128. The molecule has 3 rings (SSSR count). The van der Waals surface area contributed by atoms with Crippen molar-refractivity contribution >= 4 is 5.91 Å². The molecule has 2 aliphatic carbocycles. The lowest BCUT2D eigenvalue weighted by Gasteiger charge is -2.43. The zero-order chi connectivity index (χ0) is 17.1. The fourth-order valence-corrected chi connectivity index (χ4v) is 4.33. The molecule has 1 aromatic rings. The van der Waals surface area contributed by atoms with Crippen molar-refractivity contribution in [2.45, 2.75) is 44.7 Å². The number of benzene rings is 1. The minimum Gasteiger partial charge on any atom is -0.493 e. The predicted octanol–water partition coefficient (Wildman–Crippen LogP) is 2.47. The van der Waals surface area contributed by atoms with E-state index in [1.807, 2.05) is 18.2 Å². The van der Waals surface area contributed by atoms with Crippen LogP contribution in [0.15, 0.2) is 18.2 Å². The number of hydrogen-bond donors (Lipinski definition) is 2. The minimum atomic E-state index is 0.111. The van der Waals surface area contributed by atoms with E-state index >= 15 is 0 Å². The molecule has 2 fully saturated rings. The number of nitrogens with two attached hydrogens (primary N) is 1. The molecular weight excluding hydrogens is 304 g/mol. The lowest BCUT2D eigenvalue weighted by Crippen LogP contribution is -2.49. The average Bonchev–Trinajstić information content (AvgIpc) is 2.59. The van der Waals surface area contributed by atoms with E-state index in [9.17, 15) is 4.79 Å². The second-order valence-electron chi connectivity index (χ2n) is 7.10. The first kappa shape index (κ1) is 17.1. The molecule has 24 heavy (non-hydrogen) atoms. The van der Waals surface area contributed by atoms with Crippen LogP contribution in [0.3, 0.4) is 0 Å². The largest absolute Gasteiger partial charge is 0.493 e. The number of carbonyl (C=O) groups is 1. The van der Waals surface area contributed by atoms with Crippen LogP contribution in [0.2, 0.25) is 0 Å². The molecule has 0 spiro atoms. The maximum atomic E-state index is 12.6. The zero-order valence-corrected chi connectivity index (χ0v) is 14.6. The van der Waals surface area contributed by atoms with E-state index in [0.717, 1.165) is 18.4 Å². The first-order valence-electron chi connectivity index (χ1n) is 8.86. The monoisotopic (exact) mass is 332 g/mol. The van der Waals surface area contributed by atoms with Crippen LogP contribution in [0.25, 0.3) is 0 Å². The summed E-state index contributed by atoms with van der Waals surface area (Å²) in [5.41, 5.74) is 7.32. The third-order valence-electron chi connectivity index (χ3n) is 5.70. The summed E-state index contributed by atoms with van der Waals surface area (Å²) in [7, 11) is 3.23. The van der Waals surface area contributed by atoms with E-state index in [0.29, 0.717) is 35.9 Å². The summed E-state index contributed by atoms with van der Waals surface area (Å²) in [6.45, 7) is 0.511. The summed E-state index contributed by atoms with van der Waals surface area (Å²) in [6.07, 6.45) is 5.50. The number of hydrogen-bond acceptors (Lipinski definition) is 4. The first-order valence-corrected chi connectivity index (χ1v) is 8.86. The predicted molar refractivity (Wildman–Crippen MR) is 92.9 cm³/mol. The van der Waals surface area contributed by atoms with Crippen LogP contribution >= 0.6 is 0 Å². The molecule has 3 N–H and O–H groups in total. The highest BCUT2D eigenvalue weighted by atomic mass is 16.5. The number of amides is 1. The van der Waals surface area contributed by atoms with Crippen molar-refractivity contribution in [1.82, 2.24) is 5.32 Å². The van der Waals surface area contributed by atoms with Gasteiger partial charge in [-0.1, -0.05) is 12.5 Å². The average molecular weight is 332 g/mol. The maximum Gasteiger partial charge on any atom is 0.223 e. The van der Waals surface area contributed by atoms with Crippen molar-refractivity contribution in [2.24, 2.45) is 23.5 Å². The number of ether oxygens (including phenoxy) is 2. The van der Waals surface area contributed by atoms with E-state index in [1.54, 1.807) is 14.2 Å². The summed E-state index contributed by atoms with van der Waals surface area (Å²) < 4.78 is 10.6. The molecule has 0 saturated heterocycles. The van der Waals surface area contributed by atoms with Gasteiger partial charge in [0.05, 0.1) is 14.2 Å². The molecule has 2 unspecified atom stereocenters. The molecule has 2 aliphatic rings. The lowest BCUT2D eigenvalue weighted by atomic mass is 9.65. The molecule has 0 aliphatic heterocycles. The van der Waals surface area contributed by atoms with E-state index in [1.165, 1.54) is 19.3 Å². The minimum absolute atomic E-state index is 0.111. The molecule has 2 bridgehead atoms. The Hall–Kier alpha value is -1.75. The van der Waals surface area contributed by atoms with Crippen molar-refractivity contribution in [2.75, 3.05) is 14.2 Å². The van der Waals surface area contributed by atoms with E-state index in [2.05, 4.69) is 5.32 Å². The van der Waals surface area contributed by atoms with Gasteiger partial charge in [0.25, 0.3) is 0 Å². The molecule has 5 nitrogen and oxygen atoms in total. The van der Waals surface area contributed by atoms with Gasteiger partial charge in [-0.05, 0) is 55.2 Å². The molecule has 132 valence electrons. The Morgan fingerprint density at radius 1 is 1.17 bits per heavy atom. The fourth-order valence-electron chi connectivity index (χ4n) is 4.33. The molecule has 2 saturated carbocycles. The molecule has 0 radical (unpaired) electrons. The zero-order valence-electron chi connectivity index (χ0n) is 14.6. The van der Waals surface area contributed by atoms with Crippen molar-refractivity contribution in [3.8, 4) is 11.5 Å². The van der Waals surface area contributed by atoms with Gasteiger partial charge in [-0.2, -0.15) is 0 Å². The van der Waals surface area contributed by atoms with Crippen LogP contribution in [0.5, 0.6) is 11.5 Å². The third kappa shape index (κ3) is 3.51. The standard InChI is InChI=1S/C19H28N2O3/c1-23-16-7-6-12(8-17(16)24-2)11-21-19(22)15-9-13-4-3-5-14(10-15)18(13)20/h6-8,13-15,18H,3-5,9-11,20H2,1-2H3,(H,21,22). The highest BCUT2D eigenvalue weighted by Gasteiger charge is 2.40. The normalized spacial score (nSPS) is 29.0. The van der Waals surface area contributed by atoms with E-state index in [4.69, 9.17) is 15.2 Å². The highest BCUT2D eigenvalue weighted by Crippen LogP contribution is 2.41. The second-order valence-corrected chi connectivity index (χ2v) is 7.10. The van der Waals surface area contributed by atoms with Gasteiger partial charge in [-0.25, -0.2) is 0 Å². The molecule has 2 atom stereocenters. The van der Waals surface area contributed by atoms with Gasteiger partial charge in [0.1, 0.15) is 0 Å². The second kappa shape index (κ2) is 7.43. The van der Waals surface area contributed by atoms with Crippen LogP contribution in [0.1, 0.15) is 37.7 Å². The Morgan fingerprint density at radius 3 is 2.46 bits per heavy atom. The highest BCUT2D eigenvalue weighted by molar-refractivity contribution is 5.78. The van der Waals surface area contributed by atoms with Gasteiger partial charge in [-0.3, -0.25) is 4.79 Å². The fraction of sp³-hybridized carbons (Fsp3) is 0.632. The summed E-state index contributed by atoms with van der Waals surface area (Å²) in [6, 6.07) is 6.02. The molecule has 1 amide bonds. The van der Waals surface area contributed by atoms with Gasteiger partial charge in [0.15, 0.2) is 11.5 Å².